The van der Waals surface area contributed by atoms with Crippen LogP contribution in [0.5, 0.6) is 0 Å². The quantitative estimate of drug-likeness (QED) is 0.583. The number of methoxy groups -OCH3 is 1. The summed E-state index contributed by atoms with van der Waals surface area (Å²) in [5.41, 5.74) is 2.38. The normalized spacial score (nSPS) is 11.1. The van der Waals surface area contributed by atoms with Crippen molar-refractivity contribution >= 4 is 5.91 Å². The molecule has 0 atom stereocenters. The first-order valence-electron chi connectivity index (χ1n) is 9.75. The second kappa shape index (κ2) is 11.6. The highest BCUT2D eigenvalue weighted by Gasteiger charge is 2.15. The number of nitrogens with one attached hydrogen (secondary N) is 1. The van der Waals surface area contributed by atoms with Crippen LogP contribution >= 0.6 is 0 Å². The summed E-state index contributed by atoms with van der Waals surface area (Å²) >= 11 is 0. The van der Waals surface area contributed by atoms with Crippen LogP contribution in [-0.2, 0) is 22.6 Å². The van der Waals surface area contributed by atoms with Crippen molar-refractivity contribution < 1.29 is 9.53 Å². The monoisotopic (exact) mass is 371 g/mol. The molecule has 2 rings (SSSR count). The van der Waals surface area contributed by atoms with E-state index in [9.17, 15) is 4.79 Å². The lowest BCUT2D eigenvalue weighted by Crippen LogP contribution is -2.40. The Hall–Kier alpha value is -2.11. The van der Waals surface area contributed by atoms with Gasteiger partial charge in [-0.3, -0.25) is 4.79 Å². The maximum absolute atomic E-state index is 12.7. The minimum atomic E-state index is 0.114. The van der Waals surface area contributed by atoms with E-state index in [1.54, 1.807) is 7.11 Å². The molecule has 5 heteroatoms. The fraction of sp³-hybridized carbons (Fsp3) is 0.500. The van der Waals surface area contributed by atoms with Gasteiger partial charge in [0.2, 0.25) is 5.91 Å². The van der Waals surface area contributed by atoms with Crippen molar-refractivity contribution in [1.82, 2.24) is 14.8 Å². The minimum absolute atomic E-state index is 0.114. The van der Waals surface area contributed by atoms with Crippen molar-refractivity contribution in [3.8, 4) is 0 Å². The Labute approximate surface area is 163 Å². The van der Waals surface area contributed by atoms with E-state index < -0.39 is 0 Å². The third-order valence-corrected chi connectivity index (χ3v) is 4.56. The van der Waals surface area contributed by atoms with Crippen LogP contribution < -0.4 is 5.32 Å². The van der Waals surface area contributed by atoms with Gasteiger partial charge >= 0.3 is 0 Å². The van der Waals surface area contributed by atoms with E-state index in [1.807, 2.05) is 17.0 Å². The zero-order valence-electron chi connectivity index (χ0n) is 16.9. The molecule has 0 aliphatic heterocycles. The van der Waals surface area contributed by atoms with E-state index in [4.69, 9.17) is 4.74 Å². The first-order valence-corrected chi connectivity index (χ1v) is 9.75. The summed E-state index contributed by atoms with van der Waals surface area (Å²) in [6.45, 7) is 8.15. The van der Waals surface area contributed by atoms with Crippen molar-refractivity contribution in [1.29, 1.82) is 0 Å². The molecule has 0 unspecified atom stereocenters. The summed E-state index contributed by atoms with van der Waals surface area (Å²) in [6.07, 6.45) is 3.15. The van der Waals surface area contributed by atoms with Gasteiger partial charge in [-0.25, -0.2) is 0 Å². The fourth-order valence-corrected chi connectivity index (χ4v) is 2.91. The molecule has 0 bridgehead atoms. The molecule has 0 saturated heterocycles. The van der Waals surface area contributed by atoms with Crippen LogP contribution in [0.3, 0.4) is 0 Å². The molecule has 0 spiro atoms. The van der Waals surface area contributed by atoms with Crippen LogP contribution in [-0.4, -0.2) is 48.7 Å². The molecule has 1 aromatic heterocycles. The Balaban J connectivity index is 1.97. The maximum atomic E-state index is 12.7. The van der Waals surface area contributed by atoms with E-state index in [-0.39, 0.29) is 5.91 Å². The Morgan fingerprint density at radius 1 is 1.19 bits per heavy atom. The molecule has 0 fully saturated rings. The van der Waals surface area contributed by atoms with Crippen LogP contribution in [0.2, 0.25) is 0 Å². The first kappa shape index (κ1) is 21.2. The summed E-state index contributed by atoms with van der Waals surface area (Å²) in [7, 11) is 1.67. The molecule has 0 aliphatic rings. The molecule has 1 N–H and O–H groups in total. The second-order valence-corrected chi connectivity index (χ2v) is 7.28. The van der Waals surface area contributed by atoms with E-state index in [0.29, 0.717) is 32.2 Å². The predicted molar refractivity (Wildman–Crippen MR) is 110 cm³/mol. The number of nitrogens with zero attached hydrogens (tertiary/aromatic N) is 2. The average Bonchev–Trinajstić information content (AvgIpc) is 3.09. The maximum Gasteiger partial charge on any atom is 0.236 e. The molecule has 0 radical (unpaired) electrons. The van der Waals surface area contributed by atoms with Crippen LogP contribution in [0, 0.1) is 5.92 Å². The number of ether oxygens (including phenoxy) is 1. The van der Waals surface area contributed by atoms with Gasteiger partial charge in [0.15, 0.2) is 0 Å². The van der Waals surface area contributed by atoms with E-state index in [0.717, 1.165) is 25.2 Å². The summed E-state index contributed by atoms with van der Waals surface area (Å²) in [4.78, 5) is 14.6. The van der Waals surface area contributed by atoms with Crippen molar-refractivity contribution in [3.05, 3.63) is 59.9 Å². The van der Waals surface area contributed by atoms with E-state index in [1.165, 1.54) is 5.56 Å². The predicted octanol–water partition coefficient (Wildman–Crippen LogP) is 3.15. The molecular formula is C22H33N3O2. The van der Waals surface area contributed by atoms with Crippen LogP contribution in [0.1, 0.15) is 31.5 Å². The number of aromatic nitrogens is 1. The van der Waals surface area contributed by atoms with Crippen LogP contribution in [0.25, 0.3) is 0 Å². The topological polar surface area (TPSA) is 46.5 Å². The fourth-order valence-electron chi connectivity index (χ4n) is 2.91. The number of hydrogen-bond acceptors (Lipinski definition) is 3. The highest BCUT2D eigenvalue weighted by molar-refractivity contribution is 5.78. The largest absolute Gasteiger partial charge is 0.383 e. The lowest BCUT2D eigenvalue weighted by molar-refractivity contribution is -0.131. The average molecular weight is 372 g/mol. The Kier molecular flexibility index (Phi) is 9.08. The highest BCUT2D eigenvalue weighted by atomic mass is 16.5. The number of rotatable bonds is 12. The van der Waals surface area contributed by atoms with Crippen molar-refractivity contribution in [2.75, 3.05) is 33.4 Å². The van der Waals surface area contributed by atoms with Gasteiger partial charge in [-0.15, -0.1) is 0 Å². The van der Waals surface area contributed by atoms with Gasteiger partial charge in [-0.2, -0.15) is 0 Å². The molecule has 1 aromatic carbocycles. The molecule has 1 amide bonds. The summed E-state index contributed by atoms with van der Waals surface area (Å²) in [6, 6.07) is 14.5. The lowest BCUT2D eigenvalue weighted by atomic mass is 10.1. The van der Waals surface area contributed by atoms with Crippen molar-refractivity contribution in [2.24, 2.45) is 5.92 Å². The third kappa shape index (κ3) is 7.57. The van der Waals surface area contributed by atoms with Gasteiger partial charge in [0.05, 0.1) is 19.7 Å². The minimum Gasteiger partial charge on any atom is -0.383 e. The molecule has 148 valence electrons. The molecule has 0 aliphatic carbocycles. The highest BCUT2D eigenvalue weighted by Crippen LogP contribution is 2.11. The van der Waals surface area contributed by atoms with Gasteiger partial charge in [-0.05, 0) is 36.6 Å². The van der Waals surface area contributed by atoms with Crippen molar-refractivity contribution in [2.45, 2.75) is 33.4 Å². The third-order valence-electron chi connectivity index (χ3n) is 4.56. The molecule has 1 heterocycles. The standard InChI is InChI=1S/C22H33N3O2/c1-19(2)11-12-23-16-22(26)25(14-15-27-3)18-21-10-7-13-24(21)17-20-8-5-4-6-9-20/h4-10,13,19,23H,11-12,14-18H2,1-3H3. The van der Waals surface area contributed by atoms with Crippen LogP contribution in [0.15, 0.2) is 48.7 Å². The Bertz CT molecular complexity index is 667. The zero-order chi connectivity index (χ0) is 19.5. The molecule has 27 heavy (non-hydrogen) atoms. The lowest BCUT2D eigenvalue weighted by Gasteiger charge is -2.24. The Morgan fingerprint density at radius 3 is 2.67 bits per heavy atom. The molecular weight excluding hydrogens is 338 g/mol. The van der Waals surface area contributed by atoms with Gasteiger partial charge in [0.25, 0.3) is 0 Å². The molecule has 0 saturated carbocycles. The zero-order valence-corrected chi connectivity index (χ0v) is 16.9. The Morgan fingerprint density at radius 2 is 1.96 bits per heavy atom. The second-order valence-electron chi connectivity index (χ2n) is 7.28. The number of benzene rings is 1. The number of amides is 1. The number of carbonyl (C=O) groups excluding carboxylic acids is 1. The first-order chi connectivity index (χ1) is 13.1. The SMILES string of the molecule is COCCN(Cc1cccn1Cc1ccccc1)C(=O)CNCCC(C)C. The summed E-state index contributed by atoms with van der Waals surface area (Å²) < 4.78 is 7.41. The van der Waals surface area contributed by atoms with Crippen LogP contribution in [0.4, 0.5) is 0 Å². The number of hydrogen-bond donors (Lipinski definition) is 1. The molecule has 2 aromatic rings. The number of carbonyl (C=O) groups is 1. The van der Waals surface area contributed by atoms with Crippen molar-refractivity contribution in [3.63, 3.8) is 0 Å². The molecule has 5 nitrogen and oxygen atoms in total. The van der Waals surface area contributed by atoms with E-state index >= 15 is 0 Å². The van der Waals surface area contributed by atoms with Gasteiger partial charge in [-0.1, -0.05) is 44.2 Å². The summed E-state index contributed by atoms with van der Waals surface area (Å²) in [5, 5.41) is 3.27. The smallest absolute Gasteiger partial charge is 0.236 e. The van der Waals surface area contributed by atoms with Gasteiger partial charge in [0, 0.05) is 32.1 Å². The van der Waals surface area contributed by atoms with E-state index in [2.05, 4.69) is 60.3 Å². The van der Waals surface area contributed by atoms with Gasteiger partial charge < -0.3 is 19.5 Å². The van der Waals surface area contributed by atoms with Gasteiger partial charge in [0.1, 0.15) is 0 Å². The summed E-state index contributed by atoms with van der Waals surface area (Å²) in [5.74, 6) is 0.752.